The number of piperazine rings is 1. The van der Waals surface area contributed by atoms with Crippen molar-refractivity contribution in [1.29, 1.82) is 0 Å². The number of carbonyl (C=O) groups is 2. The lowest BCUT2D eigenvalue weighted by molar-refractivity contribution is 0.0597. The van der Waals surface area contributed by atoms with Crippen LogP contribution < -0.4 is 22.1 Å². The molecule has 6 N–H and O–H groups in total. The van der Waals surface area contributed by atoms with Gasteiger partial charge in [0.2, 0.25) is 0 Å². The van der Waals surface area contributed by atoms with E-state index in [-0.39, 0.29) is 5.91 Å². The molecule has 0 saturated carbocycles. The topological polar surface area (TPSA) is 135 Å². The van der Waals surface area contributed by atoms with Crippen molar-refractivity contribution in [2.45, 2.75) is 26.4 Å². The van der Waals surface area contributed by atoms with Crippen LogP contribution in [0.2, 0.25) is 0 Å². The number of urea groups is 1. The van der Waals surface area contributed by atoms with Crippen molar-refractivity contribution in [2.24, 2.45) is 11.5 Å². The molecule has 9 nitrogen and oxygen atoms in total. The molecule has 0 bridgehead atoms. The second kappa shape index (κ2) is 11.0. The number of rotatable bonds is 6. The lowest BCUT2D eigenvalue weighted by atomic mass is 10.0. The van der Waals surface area contributed by atoms with Crippen LogP contribution in [0.1, 0.15) is 29.8 Å². The fraction of sp³-hybridized carbons (Fsp3) is 0.276. The van der Waals surface area contributed by atoms with Gasteiger partial charge in [0.05, 0.1) is 21.6 Å². The van der Waals surface area contributed by atoms with Crippen LogP contribution in [0.4, 0.5) is 22.0 Å². The number of pyridine rings is 1. The Hall–Kier alpha value is -3.99. The fourth-order valence-electron chi connectivity index (χ4n) is 5.06. The van der Waals surface area contributed by atoms with Crippen molar-refractivity contribution in [3.05, 3.63) is 71.2 Å². The van der Waals surface area contributed by atoms with Gasteiger partial charge in [-0.25, -0.2) is 9.78 Å². The average molecular weight is 544 g/mol. The molecule has 0 radical (unpaired) electrons. The highest BCUT2D eigenvalue weighted by Crippen LogP contribution is 2.40. The standard InChI is InChI=1S/C29H33N7O2S/c1-18(2)34-10-12-35(13-11-34)28(37)23-16-33-27(31)25-24(17-39-26(23)25)20-6-8-21(9-7-20)36(29(32)38)22-5-3-4-19(14-22)15-30/h3-9,14,16-18H,10-13,15,30H2,1-2H3,(H2,31,33)(H2,32,38). The van der Waals surface area contributed by atoms with Crippen molar-refractivity contribution in [3.8, 4) is 11.1 Å². The first-order valence-corrected chi connectivity index (χ1v) is 13.8. The molecular formula is C29H33N7O2S. The fourth-order valence-corrected chi connectivity index (χ4v) is 6.15. The molecule has 1 fully saturated rings. The number of hydrogen-bond donors (Lipinski definition) is 3. The lowest BCUT2D eigenvalue weighted by Gasteiger charge is -2.37. The molecule has 1 aliphatic heterocycles. The van der Waals surface area contributed by atoms with Crippen molar-refractivity contribution < 1.29 is 9.59 Å². The minimum Gasteiger partial charge on any atom is -0.383 e. The van der Waals surface area contributed by atoms with Gasteiger partial charge in [-0.15, -0.1) is 11.3 Å². The Balaban J connectivity index is 1.45. The van der Waals surface area contributed by atoms with E-state index >= 15 is 0 Å². The van der Waals surface area contributed by atoms with E-state index in [0.29, 0.717) is 48.4 Å². The highest BCUT2D eigenvalue weighted by atomic mass is 32.1. The zero-order valence-electron chi connectivity index (χ0n) is 22.1. The van der Waals surface area contributed by atoms with E-state index in [2.05, 4.69) is 23.7 Å². The first kappa shape index (κ1) is 26.6. The lowest BCUT2D eigenvalue weighted by Crippen LogP contribution is -2.50. The van der Waals surface area contributed by atoms with Crippen LogP contribution in [-0.2, 0) is 6.54 Å². The summed E-state index contributed by atoms with van der Waals surface area (Å²) in [7, 11) is 0. The summed E-state index contributed by atoms with van der Waals surface area (Å²) in [6.07, 6.45) is 1.60. The first-order valence-electron chi connectivity index (χ1n) is 13.0. The highest BCUT2D eigenvalue weighted by molar-refractivity contribution is 7.18. The molecule has 2 aromatic carbocycles. The van der Waals surface area contributed by atoms with Crippen LogP contribution in [0, 0.1) is 0 Å². The van der Waals surface area contributed by atoms with Crippen LogP contribution in [-0.4, -0.2) is 58.9 Å². The third-order valence-electron chi connectivity index (χ3n) is 7.25. The number of amides is 3. The number of carbonyl (C=O) groups excluding carboxylic acids is 2. The first-order chi connectivity index (χ1) is 18.8. The maximum Gasteiger partial charge on any atom is 0.323 e. The molecule has 3 amide bonds. The van der Waals surface area contributed by atoms with Gasteiger partial charge in [-0.1, -0.05) is 24.3 Å². The van der Waals surface area contributed by atoms with Crippen molar-refractivity contribution in [1.82, 2.24) is 14.8 Å². The number of aromatic nitrogens is 1. The average Bonchev–Trinajstić information content (AvgIpc) is 3.39. The quantitative estimate of drug-likeness (QED) is 0.330. The van der Waals surface area contributed by atoms with Gasteiger partial charge in [0, 0.05) is 55.9 Å². The SMILES string of the molecule is CC(C)N1CCN(C(=O)c2cnc(N)c3c(-c4ccc(N(C(N)=O)c5cccc(CN)c5)cc4)csc23)CC1. The minimum absolute atomic E-state index is 0.0172. The van der Waals surface area contributed by atoms with Gasteiger partial charge in [0.15, 0.2) is 0 Å². The van der Waals surface area contributed by atoms with Crippen molar-refractivity contribution in [2.75, 3.05) is 36.8 Å². The van der Waals surface area contributed by atoms with E-state index in [0.717, 1.165) is 39.9 Å². The summed E-state index contributed by atoms with van der Waals surface area (Å²) in [4.78, 5) is 36.0. The molecule has 1 saturated heterocycles. The molecule has 202 valence electrons. The van der Waals surface area contributed by atoms with Gasteiger partial charge in [-0.05, 0) is 54.6 Å². The smallest absolute Gasteiger partial charge is 0.323 e. The summed E-state index contributed by atoms with van der Waals surface area (Å²) in [5, 5.41) is 2.77. The van der Waals surface area contributed by atoms with E-state index in [9.17, 15) is 9.59 Å². The summed E-state index contributed by atoms with van der Waals surface area (Å²) in [6, 6.07) is 14.8. The van der Waals surface area contributed by atoms with Gasteiger partial charge in [0.1, 0.15) is 5.82 Å². The highest BCUT2D eigenvalue weighted by Gasteiger charge is 2.26. The molecule has 39 heavy (non-hydrogen) atoms. The second-order valence-electron chi connectivity index (χ2n) is 9.93. The van der Waals surface area contributed by atoms with E-state index < -0.39 is 6.03 Å². The Bertz CT molecular complexity index is 1510. The molecule has 0 unspecified atom stereocenters. The number of nitrogens with two attached hydrogens (primary N) is 3. The van der Waals surface area contributed by atoms with Crippen molar-refractivity contribution in [3.63, 3.8) is 0 Å². The Kier molecular flexibility index (Phi) is 7.51. The van der Waals surface area contributed by atoms with Crippen LogP contribution in [0.5, 0.6) is 0 Å². The van der Waals surface area contributed by atoms with Crippen LogP contribution >= 0.6 is 11.3 Å². The summed E-state index contributed by atoms with van der Waals surface area (Å²) >= 11 is 1.49. The molecule has 0 aliphatic carbocycles. The number of hydrogen-bond acceptors (Lipinski definition) is 7. The van der Waals surface area contributed by atoms with Gasteiger partial charge >= 0.3 is 6.03 Å². The third-order valence-corrected chi connectivity index (χ3v) is 8.26. The summed E-state index contributed by atoms with van der Waals surface area (Å²) in [5.41, 5.74) is 22.4. The van der Waals surface area contributed by atoms with E-state index in [1.807, 2.05) is 58.8 Å². The number of nitrogen functional groups attached to an aromatic ring is 1. The number of thiophene rings is 1. The third kappa shape index (κ3) is 5.18. The Labute approximate surface area is 231 Å². The molecule has 5 rings (SSSR count). The monoisotopic (exact) mass is 543 g/mol. The molecule has 0 spiro atoms. The molecule has 4 aromatic rings. The predicted octanol–water partition coefficient (Wildman–Crippen LogP) is 4.39. The maximum absolute atomic E-state index is 13.5. The molecule has 10 heteroatoms. The van der Waals surface area contributed by atoms with Crippen LogP contribution in [0.25, 0.3) is 21.2 Å². The molecule has 3 heterocycles. The normalized spacial score (nSPS) is 14.2. The van der Waals surface area contributed by atoms with Crippen molar-refractivity contribution >= 4 is 50.6 Å². The number of primary amides is 1. The van der Waals surface area contributed by atoms with E-state index in [1.165, 1.54) is 16.2 Å². The van der Waals surface area contributed by atoms with Gasteiger partial charge in [-0.2, -0.15) is 0 Å². The Morgan fingerprint density at radius 2 is 1.77 bits per heavy atom. The van der Waals surface area contributed by atoms with Crippen LogP contribution in [0.15, 0.2) is 60.1 Å². The number of fused-ring (bicyclic) bond motifs is 1. The Morgan fingerprint density at radius 3 is 2.41 bits per heavy atom. The summed E-state index contributed by atoms with van der Waals surface area (Å²) in [6.45, 7) is 7.80. The predicted molar refractivity (Wildman–Crippen MR) is 158 cm³/mol. The second-order valence-corrected chi connectivity index (χ2v) is 10.8. The molecular weight excluding hydrogens is 510 g/mol. The van der Waals surface area contributed by atoms with E-state index in [1.54, 1.807) is 6.20 Å². The Morgan fingerprint density at radius 1 is 1.05 bits per heavy atom. The minimum atomic E-state index is -0.594. The number of nitrogens with zero attached hydrogens (tertiary/aromatic N) is 4. The van der Waals surface area contributed by atoms with Gasteiger partial charge < -0.3 is 22.1 Å². The maximum atomic E-state index is 13.5. The van der Waals surface area contributed by atoms with Gasteiger partial charge in [-0.3, -0.25) is 14.6 Å². The summed E-state index contributed by atoms with van der Waals surface area (Å²) < 4.78 is 0.829. The molecule has 2 aromatic heterocycles. The summed E-state index contributed by atoms with van der Waals surface area (Å²) in [5.74, 6) is 0.361. The van der Waals surface area contributed by atoms with Gasteiger partial charge in [0.25, 0.3) is 5.91 Å². The number of benzene rings is 2. The van der Waals surface area contributed by atoms with Crippen LogP contribution in [0.3, 0.4) is 0 Å². The van der Waals surface area contributed by atoms with E-state index in [4.69, 9.17) is 17.2 Å². The number of anilines is 3. The largest absolute Gasteiger partial charge is 0.383 e. The zero-order valence-corrected chi connectivity index (χ0v) is 22.9. The molecule has 1 aliphatic rings. The zero-order chi connectivity index (χ0) is 27.7. The molecule has 0 atom stereocenters.